The van der Waals surface area contributed by atoms with E-state index < -0.39 is 12.1 Å². The highest BCUT2D eigenvalue weighted by Gasteiger charge is 2.36. The Kier molecular flexibility index (Phi) is 5.82. The molecule has 27 heavy (non-hydrogen) atoms. The van der Waals surface area contributed by atoms with Gasteiger partial charge in [-0.25, -0.2) is 4.79 Å². The molecule has 7 heteroatoms. The van der Waals surface area contributed by atoms with Crippen molar-refractivity contribution in [1.82, 2.24) is 4.90 Å². The Morgan fingerprint density at radius 2 is 1.93 bits per heavy atom. The van der Waals surface area contributed by atoms with Crippen molar-refractivity contribution in [3.05, 3.63) is 63.6 Å². The van der Waals surface area contributed by atoms with Crippen LogP contribution in [0, 0.1) is 0 Å². The minimum Gasteiger partial charge on any atom is -0.496 e. The van der Waals surface area contributed by atoms with Crippen LogP contribution < -0.4 is 4.74 Å². The number of hydrogen-bond donors (Lipinski definition) is 1. The van der Waals surface area contributed by atoms with Crippen LogP contribution in [0.4, 0.5) is 0 Å². The Morgan fingerprint density at radius 1 is 1.15 bits per heavy atom. The molecule has 1 amide bonds. The van der Waals surface area contributed by atoms with Crippen molar-refractivity contribution >= 4 is 27.8 Å². The van der Waals surface area contributed by atoms with Gasteiger partial charge in [-0.15, -0.1) is 0 Å². The summed E-state index contributed by atoms with van der Waals surface area (Å²) in [5.74, 6) is -0.0819. The Balaban J connectivity index is 1.92. The number of carbonyl (C=O) groups is 2. The molecule has 1 unspecified atom stereocenters. The summed E-state index contributed by atoms with van der Waals surface area (Å²) >= 11 is 3.38. The number of amides is 1. The molecule has 2 aromatic carbocycles. The lowest BCUT2D eigenvalue weighted by atomic mass is 10.0. The number of esters is 1. The number of methoxy groups -OCH3 is 2. The second-order valence-corrected chi connectivity index (χ2v) is 7.18. The van der Waals surface area contributed by atoms with E-state index in [4.69, 9.17) is 9.47 Å². The highest BCUT2D eigenvalue weighted by atomic mass is 79.9. The lowest BCUT2D eigenvalue weighted by Crippen LogP contribution is -2.31. The summed E-state index contributed by atoms with van der Waals surface area (Å²) in [4.78, 5) is 26.5. The molecule has 1 aliphatic rings. The molecule has 1 N–H and O–H groups in total. The average molecular weight is 434 g/mol. The fourth-order valence-electron chi connectivity index (χ4n) is 3.30. The summed E-state index contributed by atoms with van der Waals surface area (Å²) in [6.07, 6.45) is -0.220. The van der Waals surface area contributed by atoms with E-state index in [1.54, 1.807) is 41.3 Å². The van der Waals surface area contributed by atoms with E-state index in [2.05, 4.69) is 15.9 Å². The van der Waals surface area contributed by atoms with E-state index >= 15 is 0 Å². The van der Waals surface area contributed by atoms with E-state index in [1.165, 1.54) is 14.2 Å². The van der Waals surface area contributed by atoms with E-state index in [0.29, 0.717) is 23.3 Å². The van der Waals surface area contributed by atoms with Crippen molar-refractivity contribution in [2.45, 2.75) is 18.6 Å². The summed E-state index contributed by atoms with van der Waals surface area (Å²) < 4.78 is 10.8. The maximum atomic E-state index is 13.1. The molecule has 3 rings (SSSR count). The van der Waals surface area contributed by atoms with Gasteiger partial charge in [0.1, 0.15) is 5.75 Å². The third kappa shape index (κ3) is 3.99. The molecule has 1 heterocycles. The van der Waals surface area contributed by atoms with E-state index in [9.17, 15) is 14.7 Å². The summed E-state index contributed by atoms with van der Waals surface area (Å²) in [5, 5.41) is 10.2. The first-order valence-electron chi connectivity index (χ1n) is 8.45. The molecule has 1 saturated heterocycles. The second-order valence-electron chi connectivity index (χ2n) is 6.33. The Labute approximate surface area is 165 Å². The van der Waals surface area contributed by atoms with Crippen molar-refractivity contribution in [2.75, 3.05) is 20.8 Å². The Bertz CT molecular complexity index is 869. The molecule has 0 radical (unpaired) electrons. The predicted octanol–water partition coefficient (Wildman–Crippen LogP) is 3.19. The van der Waals surface area contributed by atoms with Crippen LogP contribution in [0.25, 0.3) is 0 Å². The Hall–Kier alpha value is -2.38. The van der Waals surface area contributed by atoms with Crippen molar-refractivity contribution in [2.24, 2.45) is 0 Å². The maximum absolute atomic E-state index is 13.1. The first kappa shape index (κ1) is 19.4. The largest absolute Gasteiger partial charge is 0.496 e. The topological polar surface area (TPSA) is 76.1 Å². The van der Waals surface area contributed by atoms with Gasteiger partial charge in [0.2, 0.25) is 0 Å². The van der Waals surface area contributed by atoms with Crippen molar-refractivity contribution in [3.8, 4) is 5.75 Å². The van der Waals surface area contributed by atoms with Crippen molar-refractivity contribution in [1.29, 1.82) is 0 Å². The van der Waals surface area contributed by atoms with Crippen LogP contribution in [-0.4, -0.2) is 48.8 Å². The van der Waals surface area contributed by atoms with Gasteiger partial charge in [0, 0.05) is 12.1 Å². The lowest BCUT2D eigenvalue weighted by molar-refractivity contribution is 0.0600. The molecule has 2 atom stereocenters. The van der Waals surface area contributed by atoms with Crippen molar-refractivity contribution in [3.63, 3.8) is 0 Å². The first-order chi connectivity index (χ1) is 12.9. The number of β-amino-alcohol motifs (C(OH)–C–C–N with tert-alkyl or cyclic N) is 1. The quantitative estimate of drug-likeness (QED) is 0.749. The van der Waals surface area contributed by atoms with Gasteiger partial charge in [0.25, 0.3) is 5.91 Å². The van der Waals surface area contributed by atoms with Crippen LogP contribution in [0.15, 0.2) is 46.9 Å². The minimum atomic E-state index is -0.627. The zero-order valence-electron chi connectivity index (χ0n) is 15.0. The van der Waals surface area contributed by atoms with Gasteiger partial charge in [-0.05, 0) is 58.2 Å². The number of nitrogens with zero attached hydrogens (tertiary/aromatic N) is 1. The summed E-state index contributed by atoms with van der Waals surface area (Å²) in [5.41, 5.74) is 1.67. The maximum Gasteiger partial charge on any atom is 0.337 e. The minimum absolute atomic E-state index is 0.203. The molecule has 6 nitrogen and oxygen atoms in total. The third-order valence-electron chi connectivity index (χ3n) is 4.63. The number of aliphatic hydroxyl groups excluding tert-OH is 1. The molecule has 1 fully saturated rings. The number of halogens is 1. The zero-order valence-corrected chi connectivity index (χ0v) is 16.6. The fourth-order valence-corrected chi connectivity index (χ4v) is 3.71. The molecule has 0 aromatic heterocycles. The summed E-state index contributed by atoms with van der Waals surface area (Å²) in [7, 11) is 2.86. The summed E-state index contributed by atoms with van der Waals surface area (Å²) in [6, 6.07) is 11.8. The SMILES string of the molecule is COC(=O)c1cccc([C@H]2CC(O)CN2C(=O)c2ccc(Br)c(OC)c2)c1. The number of hydrogen-bond acceptors (Lipinski definition) is 5. The van der Waals surface area contributed by atoms with Gasteiger partial charge >= 0.3 is 5.97 Å². The van der Waals surface area contributed by atoms with Gasteiger partial charge in [0.15, 0.2) is 0 Å². The van der Waals surface area contributed by atoms with E-state index in [0.717, 1.165) is 10.0 Å². The van der Waals surface area contributed by atoms with E-state index in [1.807, 2.05) is 6.07 Å². The van der Waals surface area contributed by atoms with Crippen LogP contribution in [0.1, 0.15) is 38.7 Å². The smallest absolute Gasteiger partial charge is 0.337 e. The van der Waals surface area contributed by atoms with Crippen LogP contribution in [0.5, 0.6) is 5.75 Å². The summed E-state index contributed by atoms with van der Waals surface area (Å²) in [6.45, 7) is 0.227. The molecular weight excluding hydrogens is 414 g/mol. The highest BCUT2D eigenvalue weighted by molar-refractivity contribution is 9.10. The van der Waals surface area contributed by atoms with Gasteiger partial charge in [0.05, 0.1) is 36.4 Å². The standard InChI is InChI=1S/C20H20BrNO5/c1-26-18-9-13(6-7-16(18)21)19(24)22-11-15(23)10-17(22)12-4-3-5-14(8-12)20(25)27-2/h3-9,15,17,23H,10-11H2,1-2H3/t15?,17-/m1/s1. The van der Waals surface area contributed by atoms with E-state index in [-0.39, 0.29) is 18.5 Å². The van der Waals surface area contributed by atoms with Crippen LogP contribution in [0.2, 0.25) is 0 Å². The number of ether oxygens (including phenoxy) is 2. The van der Waals surface area contributed by atoms with Crippen LogP contribution in [0.3, 0.4) is 0 Å². The fraction of sp³-hybridized carbons (Fsp3) is 0.300. The number of rotatable bonds is 4. The molecule has 2 aromatic rings. The van der Waals surface area contributed by atoms with Crippen LogP contribution >= 0.6 is 15.9 Å². The first-order valence-corrected chi connectivity index (χ1v) is 9.24. The molecule has 0 bridgehead atoms. The molecule has 0 spiro atoms. The van der Waals surface area contributed by atoms with Gasteiger partial charge in [-0.2, -0.15) is 0 Å². The molecule has 142 valence electrons. The van der Waals surface area contributed by atoms with Gasteiger partial charge in [-0.3, -0.25) is 4.79 Å². The third-order valence-corrected chi connectivity index (χ3v) is 5.29. The normalized spacial score (nSPS) is 19.0. The molecule has 0 saturated carbocycles. The lowest BCUT2D eigenvalue weighted by Gasteiger charge is -2.25. The monoisotopic (exact) mass is 433 g/mol. The number of carbonyl (C=O) groups excluding carboxylic acids is 2. The molecular formula is C20H20BrNO5. The average Bonchev–Trinajstić information content (AvgIpc) is 3.09. The number of aliphatic hydroxyl groups is 1. The van der Waals surface area contributed by atoms with Gasteiger partial charge in [-0.1, -0.05) is 12.1 Å². The second kappa shape index (κ2) is 8.10. The molecule has 1 aliphatic heterocycles. The van der Waals surface area contributed by atoms with Crippen LogP contribution in [-0.2, 0) is 4.74 Å². The Morgan fingerprint density at radius 3 is 2.63 bits per heavy atom. The highest BCUT2D eigenvalue weighted by Crippen LogP contribution is 2.35. The van der Waals surface area contributed by atoms with Gasteiger partial charge < -0.3 is 19.5 Å². The zero-order chi connectivity index (χ0) is 19.6. The number of likely N-dealkylation sites (tertiary alicyclic amines) is 1. The predicted molar refractivity (Wildman–Crippen MR) is 103 cm³/mol. The molecule has 0 aliphatic carbocycles. The van der Waals surface area contributed by atoms with Crippen molar-refractivity contribution < 1.29 is 24.2 Å². The number of benzene rings is 2.